The maximum atomic E-state index is 13.3. The van der Waals surface area contributed by atoms with E-state index in [0.717, 1.165) is 48.7 Å². The third-order valence-electron chi connectivity index (χ3n) is 6.38. The van der Waals surface area contributed by atoms with Gasteiger partial charge in [0, 0.05) is 49.7 Å². The van der Waals surface area contributed by atoms with Gasteiger partial charge < -0.3 is 15.0 Å². The molecule has 2 fully saturated rings. The summed E-state index contributed by atoms with van der Waals surface area (Å²) in [6.07, 6.45) is 3.40. The van der Waals surface area contributed by atoms with Gasteiger partial charge in [-0.3, -0.25) is 9.69 Å². The molecule has 1 aliphatic carbocycles. The van der Waals surface area contributed by atoms with Crippen LogP contribution in [0.25, 0.3) is 10.9 Å². The second-order valence-corrected chi connectivity index (χ2v) is 8.43. The first kappa shape index (κ1) is 18.5. The van der Waals surface area contributed by atoms with Crippen molar-refractivity contribution in [1.82, 2.24) is 14.8 Å². The summed E-state index contributed by atoms with van der Waals surface area (Å²) >= 11 is 0. The van der Waals surface area contributed by atoms with E-state index in [2.05, 4.69) is 35.9 Å². The number of aliphatic hydroxyl groups excluding tert-OH is 1. The average molecular weight is 370 g/mol. The molecule has 0 bridgehead atoms. The molecule has 4 rings (SSSR count). The highest BCUT2D eigenvalue weighted by Crippen LogP contribution is 2.32. The van der Waals surface area contributed by atoms with Crippen LogP contribution >= 0.6 is 0 Å². The molecular weight excluding hydrogens is 338 g/mol. The third kappa shape index (κ3) is 3.50. The molecule has 0 unspecified atom stereocenters. The van der Waals surface area contributed by atoms with Crippen LogP contribution in [0.2, 0.25) is 0 Å². The van der Waals surface area contributed by atoms with Crippen molar-refractivity contribution in [3.05, 3.63) is 34.5 Å². The highest BCUT2D eigenvalue weighted by Gasteiger charge is 2.34. The van der Waals surface area contributed by atoms with Crippen LogP contribution in [0.4, 0.5) is 0 Å². The van der Waals surface area contributed by atoms with Crippen molar-refractivity contribution >= 4 is 16.8 Å². The number of hydrogen-bond donors (Lipinski definition) is 2. The van der Waals surface area contributed by atoms with Crippen LogP contribution in [0.15, 0.2) is 12.1 Å². The van der Waals surface area contributed by atoms with Crippen LogP contribution in [0, 0.1) is 26.7 Å². The standard InChI is InChI=1S/C22H31N3O2/c1-14-4-5-15(2)20-19(14)16(3)21(23-20)22(27)25-10-9-24(12-17-6-7-17)18(13-25)8-11-26/h4-5,17-18,23,26H,6-13H2,1-3H3/t18-/m0/s1. The van der Waals surface area contributed by atoms with Gasteiger partial charge in [-0.15, -0.1) is 0 Å². The molecular formula is C22H31N3O2. The summed E-state index contributed by atoms with van der Waals surface area (Å²) in [7, 11) is 0. The van der Waals surface area contributed by atoms with Crippen molar-refractivity contribution in [2.45, 2.75) is 46.1 Å². The fourth-order valence-corrected chi connectivity index (χ4v) is 4.54. The topological polar surface area (TPSA) is 59.6 Å². The van der Waals surface area contributed by atoms with E-state index in [9.17, 15) is 9.90 Å². The van der Waals surface area contributed by atoms with Crippen LogP contribution in [-0.2, 0) is 0 Å². The fourth-order valence-electron chi connectivity index (χ4n) is 4.54. The Balaban J connectivity index is 1.57. The Labute approximate surface area is 161 Å². The van der Waals surface area contributed by atoms with Gasteiger partial charge in [0.2, 0.25) is 0 Å². The minimum Gasteiger partial charge on any atom is -0.396 e. The predicted molar refractivity (Wildman–Crippen MR) is 108 cm³/mol. The molecule has 1 saturated carbocycles. The Kier molecular flexibility index (Phi) is 4.99. The van der Waals surface area contributed by atoms with Crippen molar-refractivity contribution in [3.8, 4) is 0 Å². The lowest BCUT2D eigenvalue weighted by Gasteiger charge is -2.41. The van der Waals surface area contributed by atoms with E-state index in [1.54, 1.807) is 0 Å². The number of carbonyl (C=O) groups excluding carboxylic acids is 1. The van der Waals surface area contributed by atoms with Crippen molar-refractivity contribution < 1.29 is 9.90 Å². The minimum atomic E-state index is 0.0940. The summed E-state index contributed by atoms with van der Waals surface area (Å²) in [6.45, 7) is 9.91. The molecule has 0 radical (unpaired) electrons. The number of aliphatic hydroxyl groups is 1. The van der Waals surface area contributed by atoms with Gasteiger partial charge >= 0.3 is 0 Å². The van der Waals surface area contributed by atoms with E-state index in [0.29, 0.717) is 6.54 Å². The normalized spacial score (nSPS) is 21.2. The Hall–Kier alpha value is -1.85. The minimum absolute atomic E-state index is 0.0940. The molecule has 2 heterocycles. The van der Waals surface area contributed by atoms with Crippen molar-refractivity contribution in [1.29, 1.82) is 0 Å². The Morgan fingerprint density at radius 2 is 1.93 bits per heavy atom. The number of H-pyrrole nitrogens is 1. The molecule has 146 valence electrons. The van der Waals surface area contributed by atoms with Gasteiger partial charge in [0.15, 0.2) is 0 Å². The molecule has 1 amide bonds. The first-order chi connectivity index (χ1) is 13.0. The quantitative estimate of drug-likeness (QED) is 0.852. The molecule has 5 nitrogen and oxygen atoms in total. The zero-order valence-corrected chi connectivity index (χ0v) is 16.7. The van der Waals surface area contributed by atoms with E-state index < -0.39 is 0 Å². The Morgan fingerprint density at radius 1 is 1.19 bits per heavy atom. The van der Waals surface area contributed by atoms with E-state index in [4.69, 9.17) is 0 Å². The Morgan fingerprint density at radius 3 is 2.59 bits per heavy atom. The first-order valence-electron chi connectivity index (χ1n) is 10.2. The molecule has 2 aliphatic rings. The maximum absolute atomic E-state index is 13.3. The number of aromatic amines is 1. The average Bonchev–Trinajstić information content (AvgIpc) is 3.40. The molecule has 1 aliphatic heterocycles. The van der Waals surface area contributed by atoms with Crippen molar-refractivity contribution in [3.63, 3.8) is 0 Å². The highest BCUT2D eigenvalue weighted by atomic mass is 16.3. The van der Waals surface area contributed by atoms with Crippen LogP contribution < -0.4 is 0 Å². The van der Waals surface area contributed by atoms with Gasteiger partial charge in [-0.25, -0.2) is 0 Å². The van der Waals surface area contributed by atoms with Crippen molar-refractivity contribution in [2.75, 3.05) is 32.8 Å². The molecule has 5 heteroatoms. The van der Waals surface area contributed by atoms with E-state index in [1.165, 1.54) is 29.4 Å². The van der Waals surface area contributed by atoms with Gasteiger partial charge in [-0.2, -0.15) is 0 Å². The number of nitrogens with zero attached hydrogens (tertiary/aromatic N) is 2. The molecule has 1 aromatic heterocycles. The van der Waals surface area contributed by atoms with Gasteiger partial charge in [0.25, 0.3) is 5.91 Å². The summed E-state index contributed by atoms with van der Waals surface area (Å²) in [5.41, 5.74) is 5.23. The number of aryl methyl sites for hydroxylation is 3. The summed E-state index contributed by atoms with van der Waals surface area (Å²) in [5.74, 6) is 0.923. The zero-order chi connectivity index (χ0) is 19.1. The molecule has 2 aromatic rings. The number of amides is 1. The number of benzene rings is 1. The molecule has 1 saturated heterocycles. The van der Waals surface area contributed by atoms with E-state index in [1.807, 2.05) is 11.8 Å². The van der Waals surface area contributed by atoms with Gasteiger partial charge in [0.1, 0.15) is 5.69 Å². The van der Waals surface area contributed by atoms with Gasteiger partial charge in [0.05, 0.1) is 0 Å². The number of fused-ring (bicyclic) bond motifs is 1. The number of aromatic nitrogens is 1. The number of rotatable bonds is 5. The molecule has 0 spiro atoms. The van der Waals surface area contributed by atoms with E-state index >= 15 is 0 Å². The second kappa shape index (κ2) is 7.28. The maximum Gasteiger partial charge on any atom is 0.270 e. The van der Waals surface area contributed by atoms with Crippen LogP contribution in [0.3, 0.4) is 0 Å². The van der Waals surface area contributed by atoms with Crippen LogP contribution in [-0.4, -0.2) is 64.6 Å². The number of hydrogen-bond acceptors (Lipinski definition) is 3. The summed E-state index contributed by atoms with van der Waals surface area (Å²) in [5, 5.41) is 10.7. The Bertz CT molecular complexity index is 853. The smallest absolute Gasteiger partial charge is 0.270 e. The van der Waals surface area contributed by atoms with E-state index in [-0.39, 0.29) is 18.6 Å². The first-order valence-corrected chi connectivity index (χ1v) is 10.2. The van der Waals surface area contributed by atoms with Crippen molar-refractivity contribution in [2.24, 2.45) is 5.92 Å². The highest BCUT2D eigenvalue weighted by molar-refractivity contribution is 6.02. The monoisotopic (exact) mass is 369 g/mol. The van der Waals surface area contributed by atoms with Crippen LogP contribution in [0.1, 0.15) is 46.4 Å². The molecule has 1 aromatic carbocycles. The van der Waals surface area contributed by atoms with Gasteiger partial charge in [-0.05, 0) is 62.6 Å². The predicted octanol–water partition coefficient (Wildman–Crippen LogP) is 3.01. The molecule has 2 N–H and O–H groups in total. The number of nitrogens with one attached hydrogen (secondary N) is 1. The zero-order valence-electron chi connectivity index (χ0n) is 16.7. The fraction of sp³-hybridized carbons (Fsp3) is 0.591. The SMILES string of the molecule is Cc1ccc(C)c2c(C)c(C(=O)N3CCN(CC4CC4)[C@@H](CCO)C3)[nH]c12. The third-order valence-corrected chi connectivity index (χ3v) is 6.38. The molecule has 27 heavy (non-hydrogen) atoms. The van der Waals surface area contributed by atoms with Gasteiger partial charge in [-0.1, -0.05) is 12.1 Å². The van der Waals surface area contributed by atoms with Crippen LogP contribution in [0.5, 0.6) is 0 Å². The summed E-state index contributed by atoms with van der Waals surface area (Å²) < 4.78 is 0. The largest absolute Gasteiger partial charge is 0.396 e. The summed E-state index contributed by atoms with van der Waals surface area (Å²) in [4.78, 5) is 21.2. The lowest BCUT2D eigenvalue weighted by Crippen LogP contribution is -2.55. The lowest BCUT2D eigenvalue weighted by molar-refractivity contribution is 0.0403. The summed E-state index contributed by atoms with van der Waals surface area (Å²) in [6, 6.07) is 4.50. The molecule has 1 atom stereocenters. The number of carbonyl (C=O) groups is 1. The number of piperazine rings is 1. The lowest BCUT2D eigenvalue weighted by atomic mass is 10.0. The second-order valence-electron chi connectivity index (χ2n) is 8.43.